The summed E-state index contributed by atoms with van der Waals surface area (Å²) in [5, 5.41) is 6.96. The maximum atomic E-state index is 13.3. The first-order chi connectivity index (χ1) is 14.5. The molecule has 1 aliphatic carbocycles. The third-order valence-electron chi connectivity index (χ3n) is 7.39. The van der Waals surface area contributed by atoms with Crippen LogP contribution in [0.5, 0.6) is 0 Å². The van der Waals surface area contributed by atoms with Gasteiger partial charge >= 0.3 is 0 Å². The highest BCUT2D eigenvalue weighted by atomic mass is 16.2. The minimum Gasteiger partial charge on any atom is -0.369 e. The zero-order valence-electron chi connectivity index (χ0n) is 19.7. The molecule has 2 aromatic carbocycles. The van der Waals surface area contributed by atoms with E-state index in [4.69, 9.17) is 0 Å². The summed E-state index contributed by atoms with van der Waals surface area (Å²) in [5.74, 6) is 0.187. The van der Waals surface area contributed by atoms with Crippen LogP contribution in [0, 0.1) is 26.2 Å². The molecule has 2 aromatic rings. The second-order valence-corrected chi connectivity index (χ2v) is 10.4. The number of amides is 1. The zero-order valence-corrected chi connectivity index (χ0v) is 19.7. The first-order valence-corrected chi connectivity index (χ1v) is 11.4. The number of hydrogen-bond donors (Lipinski definition) is 2. The molecule has 1 amide bonds. The molecule has 0 radical (unpaired) electrons. The Hall–Kier alpha value is -2.62. The predicted octanol–water partition coefficient (Wildman–Crippen LogP) is 6.11. The molecule has 4 heteroatoms. The van der Waals surface area contributed by atoms with Crippen molar-refractivity contribution in [2.45, 2.75) is 79.2 Å². The summed E-state index contributed by atoms with van der Waals surface area (Å²) in [6.45, 7) is 12.4. The van der Waals surface area contributed by atoms with Crippen LogP contribution in [0.15, 0.2) is 24.3 Å². The topological polar surface area (TPSA) is 58.2 Å². The monoisotopic (exact) mass is 418 g/mol. The summed E-state index contributed by atoms with van der Waals surface area (Å²) in [7, 11) is 0. The maximum absolute atomic E-state index is 13.3. The van der Waals surface area contributed by atoms with Crippen LogP contribution in [0.2, 0.25) is 0 Å². The molecule has 0 saturated heterocycles. The highest BCUT2D eigenvalue weighted by Gasteiger charge is 2.47. The molecule has 1 saturated carbocycles. The van der Waals surface area contributed by atoms with Gasteiger partial charge in [-0.1, -0.05) is 43.7 Å². The molecule has 1 fully saturated rings. The summed E-state index contributed by atoms with van der Waals surface area (Å²) in [6.07, 6.45) is 4.07. The maximum Gasteiger partial charge on any atom is 0.250 e. The van der Waals surface area contributed by atoms with Gasteiger partial charge in [0.25, 0.3) is 0 Å². The fourth-order valence-electron chi connectivity index (χ4n) is 5.19. The van der Waals surface area contributed by atoms with Crippen molar-refractivity contribution in [2.75, 3.05) is 10.6 Å². The van der Waals surface area contributed by atoms with Gasteiger partial charge in [-0.2, -0.15) is 0 Å². The van der Waals surface area contributed by atoms with E-state index in [0.29, 0.717) is 6.42 Å². The number of hydrogen-bond acceptors (Lipinski definition) is 3. The molecule has 164 valence electrons. The number of nitrogens with one attached hydrogen (secondary N) is 2. The molecular weight excluding hydrogens is 384 g/mol. The molecule has 1 heterocycles. The fraction of sp³-hybridized carbons (Fsp3) is 0.481. The van der Waals surface area contributed by atoms with Crippen LogP contribution < -0.4 is 10.6 Å². The van der Waals surface area contributed by atoms with Crippen molar-refractivity contribution in [3.63, 3.8) is 0 Å². The van der Waals surface area contributed by atoms with Crippen LogP contribution in [-0.2, 0) is 16.0 Å². The number of Topliss-reactive ketones (excluding diaryl/α,β-unsaturated/α-hetero) is 1. The molecular formula is C27H34N2O2. The van der Waals surface area contributed by atoms with E-state index in [1.807, 2.05) is 6.92 Å². The average molecular weight is 419 g/mol. The fourth-order valence-corrected chi connectivity index (χ4v) is 5.19. The number of ketones is 1. The summed E-state index contributed by atoms with van der Waals surface area (Å²) in [5.41, 5.74) is 8.11. The van der Waals surface area contributed by atoms with Crippen molar-refractivity contribution in [1.82, 2.24) is 0 Å². The van der Waals surface area contributed by atoms with Gasteiger partial charge in [0.15, 0.2) is 0 Å². The van der Waals surface area contributed by atoms with Gasteiger partial charge in [0.05, 0.1) is 11.4 Å². The lowest BCUT2D eigenvalue weighted by Gasteiger charge is -2.46. The summed E-state index contributed by atoms with van der Waals surface area (Å²) < 4.78 is 0. The van der Waals surface area contributed by atoms with E-state index in [9.17, 15) is 9.59 Å². The van der Waals surface area contributed by atoms with Gasteiger partial charge in [-0.05, 0) is 86.6 Å². The normalized spacial score (nSPS) is 18.8. The third-order valence-corrected chi connectivity index (χ3v) is 7.39. The lowest BCUT2D eigenvalue weighted by atomic mass is 9.68. The van der Waals surface area contributed by atoms with Gasteiger partial charge in [0.1, 0.15) is 11.3 Å². The summed E-state index contributed by atoms with van der Waals surface area (Å²) >= 11 is 0. The van der Waals surface area contributed by atoms with E-state index in [2.05, 4.69) is 62.6 Å². The molecule has 0 aromatic heterocycles. The van der Waals surface area contributed by atoms with Crippen LogP contribution in [0.25, 0.3) is 11.1 Å². The summed E-state index contributed by atoms with van der Waals surface area (Å²) in [4.78, 5) is 25.4. The first-order valence-electron chi connectivity index (χ1n) is 11.4. The van der Waals surface area contributed by atoms with Crippen molar-refractivity contribution in [2.24, 2.45) is 5.41 Å². The number of rotatable bonds is 3. The number of aryl methyl sites for hydroxylation is 1. The zero-order chi connectivity index (χ0) is 22.6. The van der Waals surface area contributed by atoms with Crippen LogP contribution in [0.1, 0.15) is 68.7 Å². The van der Waals surface area contributed by atoms with E-state index in [0.717, 1.165) is 64.9 Å². The standard InChI is InChI=1S/C27H34N2O2/c1-16-7-9-20(10-8-16)22-19(4)24-23(18(3)21(22)15-17(2)30)28-25(31)27(29-24)13-11-26(5,6)12-14-27/h7-10,29H,11-15H2,1-6H3,(H,28,31). The Morgan fingerprint density at radius 3 is 2.13 bits per heavy atom. The SMILES string of the molecule is CC(=O)Cc1c(C)c2c(c(C)c1-c1ccc(C)cc1)NC1(CCC(C)(C)CC1)C(=O)N2. The van der Waals surface area contributed by atoms with Crippen molar-refractivity contribution in [3.05, 3.63) is 46.5 Å². The molecule has 1 spiro atoms. The number of anilines is 2. The Labute approximate surface area is 185 Å². The van der Waals surface area contributed by atoms with E-state index >= 15 is 0 Å². The van der Waals surface area contributed by atoms with Crippen LogP contribution in [-0.4, -0.2) is 17.2 Å². The molecule has 1 aliphatic heterocycles. The number of carbonyl (C=O) groups is 2. The number of carbonyl (C=O) groups excluding carboxylic acids is 2. The Morgan fingerprint density at radius 1 is 0.935 bits per heavy atom. The quantitative estimate of drug-likeness (QED) is 0.632. The smallest absolute Gasteiger partial charge is 0.250 e. The summed E-state index contributed by atoms with van der Waals surface area (Å²) in [6, 6.07) is 8.49. The van der Waals surface area contributed by atoms with Gasteiger partial charge in [-0.25, -0.2) is 0 Å². The predicted molar refractivity (Wildman–Crippen MR) is 128 cm³/mol. The van der Waals surface area contributed by atoms with Gasteiger partial charge in [0, 0.05) is 6.42 Å². The highest BCUT2D eigenvalue weighted by Crippen LogP contribution is 2.49. The van der Waals surface area contributed by atoms with E-state index in [1.54, 1.807) is 6.92 Å². The Bertz CT molecular complexity index is 1050. The Morgan fingerprint density at radius 2 is 1.55 bits per heavy atom. The van der Waals surface area contributed by atoms with Gasteiger partial charge in [-0.15, -0.1) is 0 Å². The van der Waals surface area contributed by atoms with Crippen LogP contribution in [0.4, 0.5) is 11.4 Å². The lowest BCUT2D eigenvalue weighted by molar-refractivity contribution is -0.122. The van der Waals surface area contributed by atoms with Crippen molar-refractivity contribution < 1.29 is 9.59 Å². The highest BCUT2D eigenvalue weighted by molar-refractivity contribution is 6.09. The largest absolute Gasteiger partial charge is 0.369 e. The molecule has 0 bridgehead atoms. The number of benzene rings is 2. The molecule has 2 aliphatic rings. The minimum absolute atomic E-state index is 0.0647. The molecule has 31 heavy (non-hydrogen) atoms. The van der Waals surface area contributed by atoms with Crippen molar-refractivity contribution >= 4 is 23.1 Å². The Kier molecular flexibility index (Phi) is 5.23. The van der Waals surface area contributed by atoms with Gasteiger partial charge in [0.2, 0.25) is 5.91 Å². The van der Waals surface area contributed by atoms with Crippen LogP contribution in [0.3, 0.4) is 0 Å². The lowest BCUT2D eigenvalue weighted by Crippen LogP contribution is -2.55. The second kappa shape index (κ2) is 7.51. The average Bonchev–Trinajstić information content (AvgIpc) is 2.70. The van der Waals surface area contributed by atoms with E-state index in [1.165, 1.54) is 5.56 Å². The van der Waals surface area contributed by atoms with Crippen molar-refractivity contribution in [1.29, 1.82) is 0 Å². The van der Waals surface area contributed by atoms with Gasteiger partial charge in [-0.3, -0.25) is 9.59 Å². The second-order valence-electron chi connectivity index (χ2n) is 10.4. The molecule has 0 unspecified atom stereocenters. The first kappa shape index (κ1) is 21.6. The van der Waals surface area contributed by atoms with Crippen molar-refractivity contribution in [3.8, 4) is 11.1 Å². The molecule has 2 N–H and O–H groups in total. The third kappa shape index (κ3) is 3.77. The molecule has 4 nitrogen and oxygen atoms in total. The minimum atomic E-state index is -0.549. The van der Waals surface area contributed by atoms with Gasteiger partial charge < -0.3 is 10.6 Å². The van der Waals surface area contributed by atoms with Crippen LogP contribution >= 0.6 is 0 Å². The van der Waals surface area contributed by atoms with E-state index < -0.39 is 5.54 Å². The van der Waals surface area contributed by atoms with E-state index in [-0.39, 0.29) is 17.1 Å². The number of fused-ring (bicyclic) bond motifs is 1. The molecule has 0 atom stereocenters. The molecule has 4 rings (SSSR count). The Balaban J connectivity index is 1.88.